The van der Waals surface area contributed by atoms with Crippen molar-refractivity contribution in [3.63, 3.8) is 0 Å². The summed E-state index contributed by atoms with van der Waals surface area (Å²) in [6, 6.07) is 18.6. The van der Waals surface area contributed by atoms with Crippen LogP contribution in [-0.4, -0.2) is 25.0 Å². The minimum absolute atomic E-state index is 0.127. The molecule has 0 aliphatic heterocycles. The zero-order chi connectivity index (χ0) is 23.5. The summed E-state index contributed by atoms with van der Waals surface area (Å²) < 4.78 is 11.1. The number of carbonyl (C=O) groups is 2. The summed E-state index contributed by atoms with van der Waals surface area (Å²) >= 11 is 0. The Labute approximate surface area is 194 Å². The standard InChI is InChI=1S/C27H30N2O4/c1-3-17-33-25-11-5-4-8-21(25)9-6-16-28-27(31)24(19-23-10-7-18-32-23)29-26(30)22-14-12-20(2)13-15-22/h4-5,7-8,10-15,18-19H,3,6,9,16-17H2,1-2H3,(H,28,31)(H,29,30)/b24-19-. The molecule has 2 amide bonds. The largest absolute Gasteiger partial charge is 0.493 e. The lowest BCUT2D eigenvalue weighted by Gasteiger charge is -2.12. The maximum Gasteiger partial charge on any atom is 0.267 e. The molecular weight excluding hydrogens is 416 g/mol. The topological polar surface area (TPSA) is 80.6 Å². The first-order valence-corrected chi connectivity index (χ1v) is 11.2. The Bertz CT molecular complexity index is 1070. The highest BCUT2D eigenvalue weighted by Crippen LogP contribution is 2.19. The number of benzene rings is 2. The molecule has 0 saturated carbocycles. The predicted molar refractivity (Wildman–Crippen MR) is 129 cm³/mol. The number of hydrogen-bond acceptors (Lipinski definition) is 4. The Morgan fingerprint density at radius 1 is 1.03 bits per heavy atom. The van der Waals surface area contributed by atoms with Crippen LogP contribution in [0.3, 0.4) is 0 Å². The highest BCUT2D eigenvalue weighted by molar-refractivity contribution is 6.05. The van der Waals surface area contributed by atoms with Gasteiger partial charge in [-0.15, -0.1) is 0 Å². The van der Waals surface area contributed by atoms with Crippen LogP contribution in [0.1, 0.15) is 47.0 Å². The molecule has 0 unspecified atom stereocenters. The predicted octanol–water partition coefficient (Wildman–Crippen LogP) is 4.90. The smallest absolute Gasteiger partial charge is 0.267 e. The van der Waals surface area contributed by atoms with Crippen molar-refractivity contribution in [2.45, 2.75) is 33.1 Å². The number of furan rings is 1. The number of para-hydroxylation sites is 1. The molecule has 3 rings (SSSR count). The van der Waals surface area contributed by atoms with Crippen molar-refractivity contribution in [2.24, 2.45) is 0 Å². The molecular formula is C27H30N2O4. The maximum atomic E-state index is 12.8. The third-order valence-corrected chi connectivity index (χ3v) is 4.98. The van der Waals surface area contributed by atoms with E-state index in [1.165, 1.54) is 12.3 Å². The third-order valence-electron chi connectivity index (χ3n) is 4.98. The number of aryl methyl sites for hydroxylation is 2. The van der Waals surface area contributed by atoms with Crippen molar-refractivity contribution in [1.29, 1.82) is 0 Å². The zero-order valence-corrected chi connectivity index (χ0v) is 19.1. The second-order valence-electron chi connectivity index (χ2n) is 7.71. The van der Waals surface area contributed by atoms with Crippen LogP contribution < -0.4 is 15.4 Å². The van der Waals surface area contributed by atoms with E-state index in [-0.39, 0.29) is 17.5 Å². The first-order chi connectivity index (χ1) is 16.1. The van der Waals surface area contributed by atoms with Crippen LogP contribution in [0.4, 0.5) is 0 Å². The fourth-order valence-corrected chi connectivity index (χ4v) is 3.21. The van der Waals surface area contributed by atoms with E-state index in [2.05, 4.69) is 17.6 Å². The zero-order valence-electron chi connectivity index (χ0n) is 19.1. The van der Waals surface area contributed by atoms with Gasteiger partial charge in [0.15, 0.2) is 0 Å². The molecule has 0 radical (unpaired) electrons. The normalized spacial score (nSPS) is 11.2. The van der Waals surface area contributed by atoms with Gasteiger partial charge < -0.3 is 19.8 Å². The number of hydrogen-bond donors (Lipinski definition) is 2. The molecule has 2 aromatic carbocycles. The summed E-state index contributed by atoms with van der Waals surface area (Å²) in [5.74, 6) is 0.633. The van der Waals surface area contributed by atoms with Crippen LogP contribution in [0.15, 0.2) is 77.0 Å². The second-order valence-corrected chi connectivity index (χ2v) is 7.71. The number of carbonyl (C=O) groups excluding carboxylic acids is 2. The van der Waals surface area contributed by atoms with Gasteiger partial charge in [-0.25, -0.2) is 0 Å². The van der Waals surface area contributed by atoms with E-state index < -0.39 is 0 Å². The van der Waals surface area contributed by atoms with Crippen molar-refractivity contribution in [1.82, 2.24) is 10.6 Å². The molecule has 6 nitrogen and oxygen atoms in total. The Morgan fingerprint density at radius 2 is 1.82 bits per heavy atom. The van der Waals surface area contributed by atoms with Gasteiger partial charge in [-0.2, -0.15) is 0 Å². The molecule has 3 aromatic rings. The molecule has 0 saturated heterocycles. The Hall–Kier alpha value is -3.80. The second kappa shape index (κ2) is 12.3. The molecule has 0 aliphatic rings. The minimum atomic E-state index is -0.373. The van der Waals surface area contributed by atoms with Crippen molar-refractivity contribution in [2.75, 3.05) is 13.2 Å². The summed E-state index contributed by atoms with van der Waals surface area (Å²) in [6.07, 6.45) is 5.49. The van der Waals surface area contributed by atoms with Crippen molar-refractivity contribution < 1.29 is 18.7 Å². The fourth-order valence-electron chi connectivity index (χ4n) is 3.21. The first-order valence-electron chi connectivity index (χ1n) is 11.2. The van der Waals surface area contributed by atoms with E-state index in [1.807, 2.05) is 43.3 Å². The van der Waals surface area contributed by atoms with Crippen LogP contribution in [0, 0.1) is 6.92 Å². The fraction of sp³-hybridized carbons (Fsp3) is 0.259. The van der Waals surface area contributed by atoms with Crippen LogP contribution >= 0.6 is 0 Å². The monoisotopic (exact) mass is 446 g/mol. The van der Waals surface area contributed by atoms with Crippen LogP contribution in [0.25, 0.3) is 6.08 Å². The molecule has 33 heavy (non-hydrogen) atoms. The molecule has 1 aromatic heterocycles. The van der Waals surface area contributed by atoms with Crippen molar-refractivity contribution >= 4 is 17.9 Å². The molecule has 6 heteroatoms. The highest BCUT2D eigenvalue weighted by atomic mass is 16.5. The van der Waals surface area contributed by atoms with E-state index in [1.54, 1.807) is 24.3 Å². The van der Waals surface area contributed by atoms with Gasteiger partial charge >= 0.3 is 0 Å². The summed E-state index contributed by atoms with van der Waals surface area (Å²) in [6.45, 7) is 5.15. The Kier molecular flexibility index (Phi) is 8.88. The number of ether oxygens (including phenoxy) is 1. The van der Waals surface area contributed by atoms with E-state index in [9.17, 15) is 9.59 Å². The molecule has 0 spiro atoms. The van der Waals surface area contributed by atoms with Gasteiger partial charge in [0.1, 0.15) is 17.2 Å². The van der Waals surface area contributed by atoms with Crippen molar-refractivity contribution in [3.05, 3.63) is 95.1 Å². The summed E-state index contributed by atoms with van der Waals surface area (Å²) in [4.78, 5) is 25.5. The van der Waals surface area contributed by atoms with E-state index >= 15 is 0 Å². The highest BCUT2D eigenvalue weighted by Gasteiger charge is 2.15. The van der Waals surface area contributed by atoms with E-state index in [0.29, 0.717) is 24.5 Å². The molecule has 0 bridgehead atoms. The first kappa shape index (κ1) is 23.9. The number of rotatable bonds is 11. The summed E-state index contributed by atoms with van der Waals surface area (Å²) in [7, 11) is 0. The lowest BCUT2D eigenvalue weighted by molar-refractivity contribution is -0.117. The van der Waals surface area contributed by atoms with Gasteiger partial charge in [-0.3, -0.25) is 9.59 Å². The van der Waals surface area contributed by atoms with Crippen LogP contribution in [-0.2, 0) is 11.2 Å². The van der Waals surface area contributed by atoms with Crippen LogP contribution in [0.5, 0.6) is 5.75 Å². The van der Waals surface area contributed by atoms with Gasteiger partial charge in [-0.1, -0.05) is 42.8 Å². The lowest BCUT2D eigenvalue weighted by Crippen LogP contribution is -2.35. The summed E-state index contributed by atoms with van der Waals surface area (Å²) in [5, 5.41) is 5.60. The molecule has 2 N–H and O–H groups in total. The Balaban J connectivity index is 1.60. The molecule has 0 fully saturated rings. The van der Waals surface area contributed by atoms with Gasteiger partial charge in [0.2, 0.25) is 0 Å². The minimum Gasteiger partial charge on any atom is -0.493 e. The third kappa shape index (κ3) is 7.38. The quantitative estimate of drug-likeness (QED) is 0.324. The summed E-state index contributed by atoms with van der Waals surface area (Å²) in [5.41, 5.74) is 2.76. The Morgan fingerprint density at radius 3 is 2.55 bits per heavy atom. The van der Waals surface area contributed by atoms with Gasteiger partial charge in [0.05, 0.1) is 12.9 Å². The average molecular weight is 447 g/mol. The van der Waals surface area contributed by atoms with E-state index in [4.69, 9.17) is 9.15 Å². The number of amides is 2. The van der Waals surface area contributed by atoms with Gasteiger partial charge in [-0.05, 0) is 62.1 Å². The molecule has 0 aliphatic carbocycles. The lowest BCUT2D eigenvalue weighted by atomic mass is 10.1. The van der Waals surface area contributed by atoms with Crippen LogP contribution in [0.2, 0.25) is 0 Å². The molecule has 1 heterocycles. The van der Waals surface area contributed by atoms with Crippen molar-refractivity contribution in [3.8, 4) is 5.75 Å². The molecule has 172 valence electrons. The maximum absolute atomic E-state index is 12.8. The number of nitrogens with one attached hydrogen (secondary N) is 2. The SMILES string of the molecule is CCCOc1ccccc1CCCNC(=O)/C(=C/c1ccco1)NC(=O)c1ccc(C)cc1. The van der Waals surface area contributed by atoms with Gasteiger partial charge in [0.25, 0.3) is 11.8 Å². The van der Waals surface area contributed by atoms with E-state index in [0.717, 1.165) is 36.1 Å². The average Bonchev–Trinajstić information content (AvgIpc) is 3.34. The molecule has 0 atom stereocenters. The van der Waals surface area contributed by atoms with Gasteiger partial charge in [0, 0.05) is 18.2 Å².